The molecule has 2 N–H and O–H groups in total. The van der Waals surface area contributed by atoms with Crippen LogP contribution in [0.1, 0.15) is 29.3 Å². The van der Waals surface area contributed by atoms with Crippen LogP contribution in [0.25, 0.3) is 0 Å². The lowest BCUT2D eigenvalue weighted by Crippen LogP contribution is -2.17. The van der Waals surface area contributed by atoms with Crippen LogP contribution in [0.15, 0.2) is 18.2 Å². The van der Waals surface area contributed by atoms with E-state index in [0.717, 1.165) is 17.7 Å². The maximum Gasteiger partial charge on any atom is 0.312 e. The topological polar surface area (TPSA) is 62.2 Å². The highest BCUT2D eigenvalue weighted by Gasteiger charge is 2.30. The Labute approximate surface area is 135 Å². The Hall–Kier alpha value is -1.30. The van der Waals surface area contributed by atoms with Gasteiger partial charge in [0.1, 0.15) is 5.92 Å². The Kier molecular flexibility index (Phi) is 4.06. The van der Waals surface area contributed by atoms with E-state index in [0.29, 0.717) is 33.0 Å². The van der Waals surface area contributed by atoms with Gasteiger partial charge < -0.3 is 10.4 Å². The monoisotopic (exact) mass is 342 g/mol. The second-order valence-electron chi connectivity index (χ2n) is 4.84. The number of hydrogen-bond acceptors (Lipinski definition) is 4. The minimum Gasteiger partial charge on any atom is -0.481 e. The number of carboxylic acids is 1. The molecular formula is C14H12Cl2N2O2S. The van der Waals surface area contributed by atoms with Crippen molar-refractivity contribution in [2.75, 3.05) is 5.32 Å². The van der Waals surface area contributed by atoms with Gasteiger partial charge in [-0.25, -0.2) is 4.98 Å². The first-order valence-electron chi connectivity index (χ1n) is 6.49. The molecule has 0 saturated heterocycles. The standard InChI is InChI=1S/C14H12Cl2N2O2S/c15-8-4-2-5-9(11(8)16)17-14-18-12-7(13(19)20)3-1-6-10(12)21-14/h2,4-5,7H,1,3,6H2,(H,17,18)(H,19,20). The van der Waals surface area contributed by atoms with Crippen LogP contribution in [-0.2, 0) is 11.2 Å². The zero-order valence-electron chi connectivity index (χ0n) is 10.9. The van der Waals surface area contributed by atoms with Crippen LogP contribution in [0, 0.1) is 0 Å². The van der Waals surface area contributed by atoms with E-state index in [9.17, 15) is 9.90 Å². The number of carboxylic acid groups (broad SMARTS) is 1. The van der Waals surface area contributed by atoms with Gasteiger partial charge >= 0.3 is 5.97 Å². The molecule has 1 heterocycles. The fraction of sp³-hybridized carbons (Fsp3) is 0.286. The molecule has 110 valence electrons. The number of thiazole rings is 1. The van der Waals surface area contributed by atoms with Crippen molar-refractivity contribution in [3.05, 3.63) is 38.8 Å². The number of aryl methyl sites for hydroxylation is 1. The van der Waals surface area contributed by atoms with E-state index >= 15 is 0 Å². The van der Waals surface area contributed by atoms with Gasteiger partial charge in [0.25, 0.3) is 0 Å². The molecule has 0 amide bonds. The Morgan fingerprint density at radius 3 is 3.00 bits per heavy atom. The average molecular weight is 343 g/mol. The highest BCUT2D eigenvalue weighted by molar-refractivity contribution is 7.15. The third-order valence-electron chi connectivity index (χ3n) is 3.45. The summed E-state index contributed by atoms with van der Waals surface area (Å²) in [6.45, 7) is 0. The van der Waals surface area contributed by atoms with E-state index in [1.165, 1.54) is 11.3 Å². The maximum atomic E-state index is 11.3. The number of nitrogens with one attached hydrogen (secondary N) is 1. The van der Waals surface area contributed by atoms with Gasteiger partial charge in [-0.3, -0.25) is 4.79 Å². The number of fused-ring (bicyclic) bond motifs is 1. The minimum atomic E-state index is -0.811. The summed E-state index contributed by atoms with van der Waals surface area (Å²) in [6, 6.07) is 5.32. The molecule has 0 saturated carbocycles. The summed E-state index contributed by atoms with van der Waals surface area (Å²) >= 11 is 13.6. The molecule has 0 fully saturated rings. The molecule has 1 aromatic heterocycles. The van der Waals surface area contributed by atoms with Gasteiger partial charge in [-0.1, -0.05) is 29.3 Å². The molecular weight excluding hydrogens is 331 g/mol. The molecule has 0 aliphatic heterocycles. The maximum absolute atomic E-state index is 11.3. The number of hydrogen-bond donors (Lipinski definition) is 2. The Morgan fingerprint density at radius 2 is 2.24 bits per heavy atom. The molecule has 2 aromatic rings. The minimum absolute atomic E-state index is 0.433. The smallest absolute Gasteiger partial charge is 0.312 e. The van der Waals surface area contributed by atoms with E-state index in [2.05, 4.69) is 10.3 Å². The van der Waals surface area contributed by atoms with Crippen molar-refractivity contribution < 1.29 is 9.90 Å². The van der Waals surface area contributed by atoms with Gasteiger partial charge in [0, 0.05) is 4.88 Å². The lowest BCUT2D eigenvalue weighted by atomic mass is 9.91. The average Bonchev–Trinajstić information content (AvgIpc) is 2.85. The second-order valence-corrected chi connectivity index (χ2v) is 6.71. The molecule has 0 radical (unpaired) electrons. The quantitative estimate of drug-likeness (QED) is 0.848. The number of rotatable bonds is 3. The largest absolute Gasteiger partial charge is 0.481 e. The number of aliphatic carboxylic acids is 1. The van der Waals surface area contributed by atoms with Gasteiger partial charge in [0.2, 0.25) is 0 Å². The van der Waals surface area contributed by atoms with Crippen molar-refractivity contribution in [2.45, 2.75) is 25.2 Å². The fourth-order valence-electron chi connectivity index (χ4n) is 2.43. The predicted molar refractivity (Wildman–Crippen MR) is 85.2 cm³/mol. The van der Waals surface area contributed by atoms with Gasteiger partial charge in [0.15, 0.2) is 5.13 Å². The van der Waals surface area contributed by atoms with E-state index in [-0.39, 0.29) is 0 Å². The molecule has 1 atom stereocenters. The molecule has 21 heavy (non-hydrogen) atoms. The number of halogens is 2. The second kappa shape index (κ2) is 5.83. The van der Waals surface area contributed by atoms with Gasteiger partial charge in [-0.2, -0.15) is 0 Å². The number of nitrogens with zero attached hydrogens (tertiary/aromatic N) is 1. The van der Waals surface area contributed by atoms with Gasteiger partial charge in [-0.15, -0.1) is 11.3 Å². The van der Waals surface area contributed by atoms with Crippen molar-refractivity contribution in [2.24, 2.45) is 0 Å². The molecule has 0 spiro atoms. The Bertz CT molecular complexity index is 702. The zero-order chi connectivity index (χ0) is 15.0. The molecule has 1 aliphatic carbocycles. The Morgan fingerprint density at radius 1 is 1.43 bits per heavy atom. The molecule has 0 bridgehead atoms. The summed E-state index contributed by atoms with van der Waals surface area (Å²) in [5.41, 5.74) is 1.35. The SMILES string of the molecule is O=C(O)C1CCCc2sc(Nc3cccc(Cl)c3Cl)nc21. The third-order valence-corrected chi connectivity index (χ3v) is 5.31. The highest BCUT2D eigenvalue weighted by Crippen LogP contribution is 2.39. The van der Waals surface area contributed by atoms with Gasteiger partial charge in [0.05, 0.1) is 21.4 Å². The first-order valence-corrected chi connectivity index (χ1v) is 8.07. The van der Waals surface area contributed by atoms with Crippen LogP contribution < -0.4 is 5.32 Å². The van der Waals surface area contributed by atoms with Crippen LogP contribution in [0.4, 0.5) is 10.8 Å². The van der Waals surface area contributed by atoms with Crippen molar-refractivity contribution in [3.8, 4) is 0 Å². The summed E-state index contributed by atoms with van der Waals surface area (Å²) < 4.78 is 0. The van der Waals surface area contributed by atoms with E-state index in [1.807, 2.05) is 6.07 Å². The van der Waals surface area contributed by atoms with Crippen molar-refractivity contribution >= 4 is 51.3 Å². The van der Waals surface area contributed by atoms with Crippen LogP contribution in [0.3, 0.4) is 0 Å². The summed E-state index contributed by atoms with van der Waals surface area (Å²) in [6.07, 6.45) is 2.40. The zero-order valence-corrected chi connectivity index (χ0v) is 13.2. The van der Waals surface area contributed by atoms with Crippen molar-refractivity contribution in [1.29, 1.82) is 0 Å². The third kappa shape index (κ3) is 2.86. The lowest BCUT2D eigenvalue weighted by Gasteiger charge is -2.16. The normalized spacial score (nSPS) is 17.3. The van der Waals surface area contributed by atoms with Gasteiger partial charge in [-0.05, 0) is 31.4 Å². The molecule has 7 heteroatoms. The highest BCUT2D eigenvalue weighted by atomic mass is 35.5. The number of anilines is 2. The van der Waals surface area contributed by atoms with Crippen molar-refractivity contribution in [3.63, 3.8) is 0 Å². The fourth-order valence-corrected chi connectivity index (χ4v) is 3.85. The summed E-state index contributed by atoms with van der Waals surface area (Å²) in [7, 11) is 0. The molecule has 1 aliphatic rings. The number of aromatic nitrogens is 1. The van der Waals surface area contributed by atoms with E-state index in [1.54, 1.807) is 12.1 Å². The lowest BCUT2D eigenvalue weighted by molar-refractivity contribution is -0.139. The first-order chi connectivity index (χ1) is 10.1. The molecule has 4 nitrogen and oxygen atoms in total. The van der Waals surface area contributed by atoms with Crippen LogP contribution >= 0.6 is 34.5 Å². The summed E-state index contributed by atoms with van der Waals surface area (Å²) in [5, 5.41) is 13.9. The summed E-state index contributed by atoms with van der Waals surface area (Å²) in [5.74, 6) is -1.32. The summed E-state index contributed by atoms with van der Waals surface area (Å²) in [4.78, 5) is 16.8. The predicted octanol–water partition coefficient (Wildman–Crippen LogP) is 4.70. The number of benzene rings is 1. The Balaban J connectivity index is 1.91. The van der Waals surface area contributed by atoms with Crippen LogP contribution in [0.5, 0.6) is 0 Å². The number of carbonyl (C=O) groups is 1. The van der Waals surface area contributed by atoms with Crippen molar-refractivity contribution in [1.82, 2.24) is 4.98 Å². The van der Waals surface area contributed by atoms with E-state index in [4.69, 9.17) is 23.2 Å². The first kappa shape index (κ1) is 14.6. The van der Waals surface area contributed by atoms with Crippen LogP contribution in [0.2, 0.25) is 10.0 Å². The molecule has 1 unspecified atom stereocenters. The van der Waals surface area contributed by atoms with E-state index < -0.39 is 11.9 Å². The molecule has 1 aromatic carbocycles. The molecule has 3 rings (SSSR count). The van der Waals surface area contributed by atoms with Crippen LogP contribution in [-0.4, -0.2) is 16.1 Å².